The van der Waals surface area contributed by atoms with Crippen LogP contribution in [0.3, 0.4) is 0 Å². The summed E-state index contributed by atoms with van der Waals surface area (Å²) in [6.07, 6.45) is -3.16. The molecule has 0 aliphatic rings. The third-order valence-electron chi connectivity index (χ3n) is 1.96. The molecule has 90 valence electrons. The predicted octanol–water partition coefficient (Wildman–Crippen LogP) is 2.37. The summed E-state index contributed by atoms with van der Waals surface area (Å²) < 4.78 is 30.0. The topological polar surface area (TPSA) is 63.0 Å². The Labute approximate surface area is 104 Å². The van der Waals surface area contributed by atoms with Crippen molar-refractivity contribution in [3.05, 3.63) is 27.5 Å². The molecule has 7 heteroatoms. The van der Waals surface area contributed by atoms with Crippen LogP contribution >= 0.6 is 15.9 Å². The minimum absolute atomic E-state index is 0.0396. The van der Waals surface area contributed by atoms with Gasteiger partial charge in [-0.2, -0.15) is 5.26 Å². The highest BCUT2D eigenvalue weighted by Crippen LogP contribution is 2.26. The minimum atomic E-state index is -2.85. The standard InChI is InChI=1S/C10H7BrF2N2O2/c1-17-8(16)3-5-2-6(11)7(4-14)15-9(5)10(12)13/h2,10H,3H2,1H3. The van der Waals surface area contributed by atoms with E-state index in [9.17, 15) is 13.6 Å². The second-order valence-electron chi connectivity index (χ2n) is 3.03. The smallest absolute Gasteiger partial charge is 0.310 e. The molecule has 0 amide bonds. The Kier molecular flexibility index (Phi) is 4.52. The van der Waals surface area contributed by atoms with Crippen molar-refractivity contribution >= 4 is 21.9 Å². The van der Waals surface area contributed by atoms with E-state index in [1.54, 1.807) is 6.07 Å². The third-order valence-corrected chi connectivity index (χ3v) is 2.57. The van der Waals surface area contributed by atoms with Crippen molar-refractivity contribution in [2.24, 2.45) is 0 Å². The van der Waals surface area contributed by atoms with E-state index in [0.29, 0.717) is 0 Å². The first-order chi connectivity index (χ1) is 7.99. The second-order valence-corrected chi connectivity index (χ2v) is 3.88. The monoisotopic (exact) mass is 304 g/mol. The molecule has 0 spiro atoms. The lowest BCUT2D eigenvalue weighted by molar-refractivity contribution is -0.139. The van der Waals surface area contributed by atoms with Crippen molar-refractivity contribution in [1.82, 2.24) is 4.98 Å². The fourth-order valence-electron chi connectivity index (χ4n) is 1.18. The van der Waals surface area contributed by atoms with Crippen LogP contribution < -0.4 is 0 Å². The molecule has 0 atom stereocenters. The first-order valence-electron chi connectivity index (χ1n) is 4.44. The van der Waals surface area contributed by atoms with Crippen molar-refractivity contribution in [1.29, 1.82) is 5.26 Å². The summed E-state index contributed by atoms with van der Waals surface area (Å²) >= 11 is 3.02. The van der Waals surface area contributed by atoms with E-state index in [2.05, 4.69) is 25.7 Å². The first-order valence-corrected chi connectivity index (χ1v) is 5.23. The number of pyridine rings is 1. The quantitative estimate of drug-likeness (QED) is 0.804. The van der Waals surface area contributed by atoms with Crippen LogP contribution in [-0.4, -0.2) is 18.1 Å². The number of carbonyl (C=O) groups is 1. The van der Waals surface area contributed by atoms with E-state index < -0.39 is 18.1 Å². The maximum atomic E-state index is 12.7. The fraction of sp³-hybridized carbons (Fsp3) is 0.300. The van der Waals surface area contributed by atoms with E-state index in [-0.39, 0.29) is 22.2 Å². The van der Waals surface area contributed by atoms with Crippen LogP contribution in [0.4, 0.5) is 8.78 Å². The summed E-state index contributed by atoms with van der Waals surface area (Å²) in [6, 6.07) is 2.96. The van der Waals surface area contributed by atoms with Gasteiger partial charge in [0.1, 0.15) is 11.8 Å². The maximum Gasteiger partial charge on any atom is 0.310 e. The largest absolute Gasteiger partial charge is 0.469 e. The minimum Gasteiger partial charge on any atom is -0.469 e. The summed E-state index contributed by atoms with van der Waals surface area (Å²) in [5.41, 5.74) is -0.679. The Hall–Kier alpha value is -1.55. The Morgan fingerprint density at radius 2 is 2.35 bits per heavy atom. The normalized spacial score (nSPS) is 10.1. The molecule has 0 bridgehead atoms. The highest BCUT2D eigenvalue weighted by molar-refractivity contribution is 9.10. The van der Waals surface area contributed by atoms with E-state index in [0.717, 1.165) is 7.11 Å². The number of hydrogen-bond acceptors (Lipinski definition) is 4. The highest BCUT2D eigenvalue weighted by atomic mass is 79.9. The predicted molar refractivity (Wildman–Crippen MR) is 57.3 cm³/mol. The molecule has 0 saturated heterocycles. The van der Waals surface area contributed by atoms with Gasteiger partial charge in [-0.1, -0.05) is 0 Å². The van der Waals surface area contributed by atoms with Gasteiger partial charge in [0.2, 0.25) is 0 Å². The SMILES string of the molecule is COC(=O)Cc1cc(Br)c(C#N)nc1C(F)F. The number of aromatic nitrogens is 1. The number of halogens is 3. The molecule has 4 nitrogen and oxygen atoms in total. The van der Waals surface area contributed by atoms with Crippen LogP contribution in [0.5, 0.6) is 0 Å². The summed E-state index contributed by atoms with van der Waals surface area (Å²) in [7, 11) is 1.16. The molecule has 0 saturated carbocycles. The van der Waals surface area contributed by atoms with Gasteiger partial charge in [0.25, 0.3) is 6.43 Å². The highest BCUT2D eigenvalue weighted by Gasteiger charge is 2.20. The molecule has 0 N–H and O–H groups in total. The Morgan fingerprint density at radius 1 is 1.71 bits per heavy atom. The van der Waals surface area contributed by atoms with Crippen LogP contribution in [0.25, 0.3) is 0 Å². The number of ether oxygens (including phenoxy) is 1. The molecule has 0 aliphatic heterocycles. The molecular formula is C10H7BrF2N2O2. The number of carbonyl (C=O) groups excluding carboxylic acids is 1. The van der Waals surface area contributed by atoms with Crippen molar-refractivity contribution in [2.45, 2.75) is 12.8 Å². The molecule has 1 aromatic heterocycles. The lowest BCUT2D eigenvalue weighted by Gasteiger charge is -2.08. The van der Waals surface area contributed by atoms with Gasteiger partial charge in [0.05, 0.1) is 18.0 Å². The molecule has 0 fully saturated rings. The summed E-state index contributed by atoms with van der Waals surface area (Å²) in [5.74, 6) is -0.648. The number of nitriles is 1. The van der Waals surface area contributed by atoms with Crippen molar-refractivity contribution in [3.63, 3.8) is 0 Å². The molecule has 1 rings (SSSR count). The first kappa shape index (κ1) is 13.5. The Bertz CT molecular complexity index is 486. The molecule has 0 unspecified atom stereocenters. The number of nitrogens with zero attached hydrogens (tertiary/aromatic N) is 2. The zero-order chi connectivity index (χ0) is 13.0. The van der Waals surface area contributed by atoms with E-state index >= 15 is 0 Å². The summed E-state index contributed by atoms with van der Waals surface area (Å²) in [5, 5.41) is 8.66. The van der Waals surface area contributed by atoms with Crippen molar-refractivity contribution < 1.29 is 18.3 Å². The zero-order valence-corrected chi connectivity index (χ0v) is 10.3. The Balaban J connectivity index is 3.24. The van der Waals surface area contributed by atoms with Gasteiger partial charge >= 0.3 is 5.97 Å². The molecule has 0 aromatic carbocycles. The second kappa shape index (κ2) is 5.68. The number of esters is 1. The average Bonchev–Trinajstić information content (AvgIpc) is 2.28. The third kappa shape index (κ3) is 3.20. The van der Waals surface area contributed by atoms with Crippen LogP contribution in [0.1, 0.15) is 23.4 Å². The Morgan fingerprint density at radius 3 is 2.82 bits per heavy atom. The fourth-order valence-corrected chi connectivity index (χ4v) is 1.63. The zero-order valence-electron chi connectivity index (χ0n) is 8.71. The van der Waals surface area contributed by atoms with Gasteiger partial charge in [0, 0.05) is 0 Å². The van der Waals surface area contributed by atoms with Gasteiger partial charge in [0.15, 0.2) is 5.69 Å². The van der Waals surface area contributed by atoms with E-state index in [1.165, 1.54) is 6.07 Å². The lowest BCUT2D eigenvalue weighted by atomic mass is 10.1. The molecule has 0 aliphatic carbocycles. The maximum absolute atomic E-state index is 12.7. The van der Waals surface area contributed by atoms with Gasteiger partial charge in [-0.25, -0.2) is 13.8 Å². The van der Waals surface area contributed by atoms with Crippen LogP contribution in [0.15, 0.2) is 10.5 Å². The lowest BCUT2D eigenvalue weighted by Crippen LogP contribution is -2.09. The van der Waals surface area contributed by atoms with Crippen molar-refractivity contribution in [3.8, 4) is 6.07 Å². The van der Waals surface area contributed by atoms with Gasteiger partial charge in [-0.05, 0) is 27.6 Å². The van der Waals surface area contributed by atoms with Crippen LogP contribution in [-0.2, 0) is 16.0 Å². The van der Waals surface area contributed by atoms with E-state index in [4.69, 9.17) is 5.26 Å². The molecule has 1 heterocycles. The van der Waals surface area contributed by atoms with Gasteiger partial charge in [-0.3, -0.25) is 4.79 Å². The number of alkyl halides is 2. The van der Waals surface area contributed by atoms with Gasteiger partial charge in [-0.15, -0.1) is 0 Å². The summed E-state index contributed by atoms with van der Waals surface area (Å²) in [4.78, 5) is 14.6. The molecular weight excluding hydrogens is 298 g/mol. The van der Waals surface area contributed by atoms with Crippen LogP contribution in [0, 0.1) is 11.3 Å². The average molecular weight is 305 g/mol. The van der Waals surface area contributed by atoms with Crippen molar-refractivity contribution in [2.75, 3.05) is 7.11 Å². The molecule has 17 heavy (non-hydrogen) atoms. The van der Waals surface area contributed by atoms with E-state index in [1.807, 2.05) is 0 Å². The number of methoxy groups -OCH3 is 1. The summed E-state index contributed by atoms with van der Waals surface area (Å²) in [6.45, 7) is 0. The molecule has 0 radical (unpaired) electrons. The number of rotatable bonds is 3. The van der Waals surface area contributed by atoms with Gasteiger partial charge < -0.3 is 4.74 Å². The van der Waals surface area contributed by atoms with Crippen LogP contribution in [0.2, 0.25) is 0 Å². The molecule has 1 aromatic rings. The number of hydrogen-bond donors (Lipinski definition) is 0.